The van der Waals surface area contributed by atoms with Crippen LogP contribution in [-0.4, -0.2) is 51.5 Å². The fourth-order valence-electron chi connectivity index (χ4n) is 2.59. The number of aromatic nitrogens is 1. The molecule has 1 fully saturated rings. The van der Waals surface area contributed by atoms with E-state index in [0.717, 1.165) is 19.5 Å². The second-order valence-corrected chi connectivity index (χ2v) is 7.04. The zero-order valence-electron chi connectivity index (χ0n) is 12.1. The molecule has 2 rings (SSSR count). The van der Waals surface area contributed by atoms with Crippen LogP contribution in [0.3, 0.4) is 0 Å². The van der Waals surface area contributed by atoms with Crippen LogP contribution < -0.4 is 10.0 Å². The highest BCUT2D eigenvalue weighted by Gasteiger charge is 2.29. The highest BCUT2D eigenvalue weighted by molar-refractivity contribution is 7.89. The molecule has 0 amide bonds. The van der Waals surface area contributed by atoms with Gasteiger partial charge in [-0.15, -0.1) is 0 Å². The van der Waals surface area contributed by atoms with Gasteiger partial charge in [0.25, 0.3) is 0 Å². The number of likely N-dealkylation sites (tertiary alicyclic amines) is 1. The summed E-state index contributed by atoms with van der Waals surface area (Å²) in [5, 5.41) is 2.82. The second kappa shape index (κ2) is 6.07. The first-order valence-electron chi connectivity index (χ1n) is 6.77. The van der Waals surface area contributed by atoms with Crippen LogP contribution in [0.15, 0.2) is 23.2 Å². The molecule has 2 unspecified atom stereocenters. The van der Waals surface area contributed by atoms with Crippen LogP contribution in [0.5, 0.6) is 0 Å². The lowest BCUT2D eigenvalue weighted by molar-refractivity contribution is 0.188. The lowest BCUT2D eigenvalue weighted by atomic mass is 9.95. The van der Waals surface area contributed by atoms with Crippen molar-refractivity contribution >= 4 is 15.8 Å². The third-order valence-corrected chi connectivity index (χ3v) is 5.23. The average molecular weight is 298 g/mol. The van der Waals surface area contributed by atoms with E-state index in [0.29, 0.717) is 11.7 Å². The first-order chi connectivity index (χ1) is 9.44. The van der Waals surface area contributed by atoms with E-state index in [2.05, 4.69) is 33.9 Å². The molecule has 20 heavy (non-hydrogen) atoms. The van der Waals surface area contributed by atoms with Crippen LogP contribution in [0, 0.1) is 5.92 Å². The van der Waals surface area contributed by atoms with Crippen LogP contribution >= 0.6 is 0 Å². The summed E-state index contributed by atoms with van der Waals surface area (Å²) in [7, 11) is 0.177. The molecule has 1 aromatic heterocycles. The topological polar surface area (TPSA) is 74.3 Å². The Morgan fingerprint density at radius 1 is 1.45 bits per heavy atom. The molecule has 0 radical (unpaired) electrons. The number of rotatable bonds is 4. The van der Waals surface area contributed by atoms with Crippen LogP contribution in [0.25, 0.3) is 0 Å². The number of anilines is 1. The molecule has 1 aliphatic rings. The summed E-state index contributed by atoms with van der Waals surface area (Å²) in [5.41, 5.74) is 0. The molecule has 2 N–H and O–H groups in total. The molecule has 2 atom stereocenters. The van der Waals surface area contributed by atoms with Crippen molar-refractivity contribution in [2.24, 2.45) is 5.92 Å². The molecule has 0 aliphatic carbocycles. The SMILES string of the molecule is CNc1ncccc1S(=O)(=O)NC1CCN(C)CC1C. The number of hydrogen-bond acceptors (Lipinski definition) is 5. The monoisotopic (exact) mass is 298 g/mol. The highest BCUT2D eigenvalue weighted by atomic mass is 32.2. The van der Waals surface area contributed by atoms with Crippen molar-refractivity contribution in [2.75, 3.05) is 32.5 Å². The van der Waals surface area contributed by atoms with Gasteiger partial charge in [-0.2, -0.15) is 0 Å². The van der Waals surface area contributed by atoms with Crippen molar-refractivity contribution in [3.8, 4) is 0 Å². The molecule has 2 heterocycles. The highest BCUT2D eigenvalue weighted by Crippen LogP contribution is 2.21. The minimum Gasteiger partial charge on any atom is -0.372 e. The van der Waals surface area contributed by atoms with E-state index in [9.17, 15) is 8.42 Å². The Labute approximate surface area is 120 Å². The maximum Gasteiger partial charge on any atom is 0.244 e. The van der Waals surface area contributed by atoms with Crippen LogP contribution in [0.1, 0.15) is 13.3 Å². The summed E-state index contributed by atoms with van der Waals surface area (Å²) in [6.07, 6.45) is 2.40. The molecule has 1 saturated heterocycles. The van der Waals surface area contributed by atoms with E-state index in [-0.39, 0.29) is 10.9 Å². The van der Waals surface area contributed by atoms with Crippen molar-refractivity contribution in [1.29, 1.82) is 0 Å². The van der Waals surface area contributed by atoms with Gasteiger partial charge < -0.3 is 10.2 Å². The first kappa shape index (κ1) is 15.2. The summed E-state index contributed by atoms with van der Waals surface area (Å²) in [4.78, 5) is 6.47. The minimum atomic E-state index is -3.55. The number of pyridine rings is 1. The number of piperidine rings is 1. The molecule has 0 bridgehead atoms. The molecule has 0 saturated carbocycles. The normalized spacial score (nSPS) is 24.6. The van der Waals surface area contributed by atoms with Gasteiger partial charge in [0.15, 0.2) is 0 Å². The van der Waals surface area contributed by atoms with Crippen molar-refractivity contribution in [3.63, 3.8) is 0 Å². The van der Waals surface area contributed by atoms with Crippen LogP contribution in [0.4, 0.5) is 5.82 Å². The summed E-state index contributed by atoms with van der Waals surface area (Å²) >= 11 is 0. The van der Waals surface area contributed by atoms with Gasteiger partial charge in [-0.25, -0.2) is 18.1 Å². The predicted molar refractivity (Wildman–Crippen MR) is 79.2 cm³/mol. The van der Waals surface area contributed by atoms with Gasteiger partial charge in [-0.05, 0) is 38.1 Å². The minimum absolute atomic E-state index is 0.0267. The number of nitrogens with zero attached hydrogens (tertiary/aromatic N) is 2. The Hall–Kier alpha value is -1.18. The zero-order chi connectivity index (χ0) is 14.8. The van der Waals surface area contributed by atoms with Crippen molar-refractivity contribution in [3.05, 3.63) is 18.3 Å². The van der Waals surface area contributed by atoms with Crippen LogP contribution in [-0.2, 0) is 10.0 Å². The molecule has 0 aromatic carbocycles. The second-order valence-electron chi connectivity index (χ2n) is 5.36. The zero-order valence-corrected chi connectivity index (χ0v) is 12.9. The first-order valence-corrected chi connectivity index (χ1v) is 8.26. The molecule has 6 nitrogen and oxygen atoms in total. The lowest BCUT2D eigenvalue weighted by Crippen LogP contribution is -2.48. The van der Waals surface area contributed by atoms with Gasteiger partial charge in [-0.1, -0.05) is 6.92 Å². The molecule has 7 heteroatoms. The lowest BCUT2D eigenvalue weighted by Gasteiger charge is -2.35. The fraction of sp³-hybridized carbons (Fsp3) is 0.615. The van der Waals surface area contributed by atoms with Gasteiger partial charge >= 0.3 is 0 Å². The number of hydrogen-bond donors (Lipinski definition) is 2. The van der Waals surface area contributed by atoms with E-state index in [1.807, 2.05) is 0 Å². The summed E-state index contributed by atoms with van der Waals surface area (Å²) in [6, 6.07) is 3.18. The van der Waals surface area contributed by atoms with E-state index in [1.165, 1.54) is 0 Å². The van der Waals surface area contributed by atoms with E-state index < -0.39 is 10.0 Å². The van der Waals surface area contributed by atoms with Crippen molar-refractivity contribution < 1.29 is 8.42 Å². The van der Waals surface area contributed by atoms with Gasteiger partial charge in [0, 0.05) is 25.8 Å². The fourth-order valence-corrected chi connectivity index (χ4v) is 4.13. The largest absolute Gasteiger partial charge is 0.372 e. The van der Waals surface area contributed by atoms with Gasteiger partial charge in [0.1, 0.15) is 10.7 Å². The van der Waals surface area contributed by atoms with E-state index in [1.54, 1.807) is 25.4 Å². The maximum atomic E-state index is 12.5. The Kier molecular flexibility index (Phi) is 4.62. The van der Waals surface area contributed by atoms with Crippen molar-refractivity contribution in [1.82, 2.24) is 14.6 Å². The van der Waals surface area contributed by atoms with Gasteiger partial charge in [0.2, 0.25) is 10.0 Å². The molecule has 1 aliphatic heterocycles. The third kappa shape index (κ3) is 3.28. The third-order valence-electron chi connectivity index (χ3n) is 3.71. The summed E-state index contributed by atoms with van der Waals surface area (Å²) in [5.74, 6) is 0.666. The Morgan fingerprint density at radius 3 is 2.85 bits per heavy atom. The molecule has 1 aromatic rings. The predicted octanol–water partition coefficient (Wildman–Crippen LogP) is 0.742. The van der Waals surface area contributed by atoms with Crippen LogP contribution in [0.2, 0.25) is 0 Å². The average Bonchev–Trinajstić information content (AvgIpc) is 2.42. The van der Waals surface area contributed by atoms with Gasteiger partial charge in [0.05, 0.1) is 0 Å². The molecule has 0 spiro atoms. The summed E-state index contributed by atoms with van der Waals surface area (Å²) < 4.78 is 27.8. The van der Waals surface area contributed by atoms with Crippen molar-refractivity contribution in [2.45, 2.75) is 24.3 Å². The molecular weight excluding hydrogens is 276 g/mol. The standard InChI is InChI=1S/C13H22N4O2S/c1-10-9-17(3)8-6-11(10)16-20(18,19)12-5-4-7-15-13(12)14-2/h4-5,7,10-11,16H,6,8-9H2,1-3H3,(H,14,15). The smallest absolute Gasteiger partial charge is 0.244 e. The number of nitrogens with one attached hydrogen (secondary N) is 2. The summed E-state index contributed by atoms with van der Waals surface area (Å²) in [6.45, 7) is 3.88. The Bertz CT molecular complexity index is 561. The van der Waals surface area contributed by atoms with E-state index in [4.69, 9.17) is 0 Å². The molecular formula is C13H22N4O2S. The quantitative estimate of drug-likeness (QED) is 0.858. The molecule has 112 valence electrons. The Balaban J connectivity index is 2.19. The van der Waals surface area contributed by atoms with E-state index >= 15 is 0 Å². The maximum absolute atomic E-state index is 12.5. The number of sulfonamides is 1. The Morgan fingerprint density at radius 2 is 2.20 bits per heavy atom. The van der Waals surface area contributed by atoms with Gasteiger partial charge in [-0.3, -0.25) is 0 Å².